The van der Waals surface area contributed by atoms with Crippen LogP contribution in [0.25, 0.3) is 0 Å². The predicted molar refractivity (Wildman–Crippen MR) is 82.6 cm³/mol. The molecule has 1 N–H and O–H groups in total. The van der Waals surface area contributed by atoms with Gasteiger partial charge < -0.3 is 15.0 Å². The van der Waals surface area contributed by atoms with Crippen LogP contribution in [-0.2, 0) is 0 Å². The number of carbonyl (C=O) groups is 1. The van der Waals surface area contributed by atoms with Gasteiger partial charge >= 0.3 is 6.03 Å². The van der Waals surface area contributed by atoms with Gasteiger partial charge in [0.25, 0.3) is 0 Å². The van der Waals surface area contributed by atoms with Crippen LogP contribution in [0.2, 0.25) is 10.0 Å². The molecular formula is C14H20Cl2N2O2. The lowest BCUT2D eigenvalue weighted by Crippen LogP contribution is -2.42. The normalized spacial score (nSPS) is 10.2. The summed E-state index contributed by atoms with van der Waals surface area (Å²) in [6.45, 7) is 5.63. The van der Waals surface area contributed by atoms with E-state index in [1.165, 1.54) is 0 Å². The third-order valence-electron chi connectivity index (χ3n) is 2.62. The van der Waals surface area contributed by atoms with Gasteiger partial charge in [0.15, 0.2) is 6.73 Å². The first kappa shape index (κ1) is 16.9. The Labute approximate surface area is 130 Å². The molecule has 1 rings (SSSR count). The van der Waals surface area contributed by atoms with Crippen LogP contribution >= 0.6 is 23.2 Å². The maximum atomic E-state index is 11.9. The highest BCUT2D eigenvalue weighted by atomic mass is 35.5. The Balaban J connectivity index is 2.44. The van der Waals surface area contributed by atoms with Crippen molar-refractivity contribution in [1.29, 1.82) is 0 Å². The second-order valence-corrected chi connectivity index (χ2v) is 5.18. The maximum Gasteiger partial charge on any atom is 0.320 e. The highest BCUT2D eigenvalue weighted by Gasteiger charge is 2.11. The molecule has 1 aromatic carbocycles. The molecule has 0 atom stereocenters. The van der Waals surface area contributed by atoms with E-state index in [4.69, 9.17) is 27.9 Å². The quantitative estimate of drug-likeness (QED) is 0.767. The molecule has 0 aliphatic heterocycles. The lowest BCUT2D eigenvalue weighted by atomic mass is 10.3. The highest BCUT2D eigenvalue weighted by Crippen LogP contribution is 2.27. The van der Waals surface area contributed by atoms with Crippen molar-refractivity contribution >= 4 is 29.2 Å². The molecule has 0 radical (unpaired) electrons. The Kier molecular flexibility index (Phi) is 7.55. The minimum atomic E-state index is -0.126. The molecule has 0 spiro atoms. The SMILES string of the molecule is CCCN(CCC)C(=O)NCOc1ccc(Cl)cc1Cl. The first-order valence-electron chi connectivity index (χ1n) is 6.69. The van der Waals surface area contributed by atoms with Gasteiger partial charge in [0, 0.05) is 18.1 Å². The van der Waals surface area contributed by atoms with Gasteiger partial charge in [-0.2, -0.15) is 0 Å². The minimum Gasteiger partial charge on any atom is -0.472 e. The van der Waals surface area contributed by atoms with Gasteiger partial charge in [0.1, 0.15) is 5.75 Å². The van der Waals surface area contributed by atoms with Gasteiger partial charge in [0.2, 0.25) is 0 Å². The number of hydrogen-bond acceptors (Lipinski definition) is 2. The summed E-state index contributed by atoms with van der Waals surface area (Å²) in [5.41, 5.74) is 0. The number of rotatable bonds is 7. The molecule has 6 heteroatoms. The lowest BCUT2D eigenvalue weighted by Gasteiger charge is -2.22. The highest BCUT2D eigenvalue weighted by molar-refractivity contribution is 6.35. The van der Waals surface area contributed by atoms with E-state index in [1.807, 2.05) is 13.8 Å². The van der Waals surface area contributed by atoms with E-state index in [0.717, 1.165) is 25.9 Å². The van der Waals surface area contributed by atoms with Gasteiger partial charge in [-0.25, -0.2) is 4.79 Å². The topological polar surface area (TPSA) is 41.6 Å². The summed E-state index contributed by atoms with van der Waals surface area (Å²) in [6.07, 6.45) is 1.86. The van der Waals surface area contributed by atoms with Crippen LogP contribution in [0.3, 0.4) is 0 Å². The number of amides is 2. The zero-order chi connectivity index (χ0) is 15.0. The average molecular weight is 319 g/mol. The third-order valence-corrected chi connectivity index (χ3v) is 3.15. The Bertz CT molecular complexity index is 435. The number of nitrogens with zero attached hydrogens (tertiary/aromatic N) is 1. The summed E-state index contributed by atoms with van der Waals surface area (Å²) < 4.78 is 5.42. The third kappa shape index (κ3) is 5.47. The van der Waals surface area contributed by atoms with Crippen molar-refractivity contribution in [3.63, 3.8) is 0 Å². The van der Waals surface area contributed by atoms with Gasteiger partial charge in [0.05, 0.1) is 5.02 Å². The molecule has 0 bridgehead atoms. The van der Waals surface area contributed by atoms with Crippen molar-refractivity contribution < 1.29 is 9.53 Å². The molecule has 0 aliphatic rings. The number of urea groups is 1. The van der Waals surface area contributed by atoms with Crippen LogP contribution in [0.4, 0.5) is 4.79 Å². The second-order valence-electron chi connectivity index (χ2n) is 4.33. The molecule has 0 aliphatic carbocycles. The number of nitrogens with one attached hydrogen (secondary N) is 1. The fourth-order valence-electron chi connectivity index (χ4n) is 1.73. The molecule has 112 valence electrons. The van der Waals surface area contributed by atoms with Crippen LogP contribution < -0.4 is 10.1 Å². The molecule has 2 amide bonds. The Morgan fingerprint density at radius 1 is 1.25 bits per heavy atom. The standard InChI is InChI=1S/C14H20Cl2N2O2/c1-3-7-18(8-4-2)14(19)17-10-20-13-6-5-11(15)9-12(13)16/h5-6,9H,3-4,7-8,10H2,1-2H3,(H,17,19). The molecule has 4 nitrogen and oxygen atoms in total. The second kappa shape index (κ2) is 8.93. The van der Waals surface area contributed by atoms with Gasteiger partial charge in [-0.3, -0.25) is 0 Å². The van der Waals surface area contributed by atoms with Crippen LogP contribution in [-0.4, -0.2) is 30.8 Å². The first-order chi connectivity index (χ1) is 9.58. The predicted octanol–water partition coefficient (Wildman–Crippen LogP) is 4.16. The number of halogens is 2. The summed E-state index contributed by atoms with van der Waals surface area (Å²) in [5, 5.41) is 3.68. The Morgan fingerprint density at radius 2 is 1.90 bits per heavy atom. The van der Waals surface area contributed by atoms with Crippen LogP contribution in [0.15, 0.2) is 18.2 Å². The van der Waals surface area contributed by atoms with Gasteiger partial charge in [-0.05, 0) is 31.0 Å². The van der Waals surface area contributed by atoms with E-state index < -0.39 is 0 Å². The van der Waals surface area contributed by atoms with E-state index >= 15 is 0 Å². The number of ether oxygens (including phenoxy) is 1. The summed E-state index contributed by atoms with van der Waals surface area (Å²) >= 11 is 11.8. The summed E-state index contributed by atoms with van der Waals surface area (Å²) in [5.74, 6) is 0.494. The summed E-state index contributed by atoms with van der Waals surface area (Å²) in [6, 6.07) is 4.83. The molecule has 1 aromatic rings. The molecule has 0 aromatic heterocycles. The van der Waals surface area contributed by atoms with Crippen molar-refractivity contribution in [2.45, 2.75) is 26.7 Å². The zero-order valence-electron chi connectivity index (χ0n) is 11.8. The van der Waals surface area contributed by atoms with E-state index in [1.54, 1.807) is 23.1 Å². The minimum absolute atomic E-state index is 0.0735. The van der Waals surface area contributed by atoms with Crippen molar-refractivity contribution in [1.82, 2.24) is 10.2 Å². The van der Waals surface area contributed by atoms with E-state index in [-0.39, 0.29) is 12.8 Å². The van der Waals surface area contributed by atoms with Gasteiger partial charge in [-0.15, -0.1) is 0 Å². The Hall–Kier alpha value is -1.13. The molecule has 20 heavy (non-hydrogen) atoms. The molecule has 0 saturated carbocycles. The number of carbonyl (C=O) groups excluding carboxylic acids is 1. The first-order valence-corrected chi connectivity index (χ1v) is 7.44. The molecule has 0 heterocycles. The molecular weight excluding hydrogens is 299 g/mol. The monoisotopic (exact) mass is 318 g/mol. The zero-order valence-corrected chi connectivity index (χ0v) is 13.3. The largest absolute Gasteiger partial charge is 0.472 e. The van der Waals surface area contributed by atoms with Crippen molar-refractivity contribution in [3.05, 3.63) is 28.2 Å². The van der Waals surface area contributed by atoms with Crippen molar-refractivity contribution in [2.75, 3.05) is 19.8 Å². The fourth-order valence-corrected chi connectivity index (χ4v) is 2.20. The van der Waals surface area contributed by atoms with Crippen molar-refractivity contribution in [3.8, 4) is 5.75 Å². The number of hydrogen-bond donors (Lipinski definition) is 1. The van der Waals surface area contributed by atoms with E-state index in [0.29, 0.717) is 15.8 Å². The fraction of sp³-hybridized carbons (Fsp3) is 0.500. The smallest absolute Gasteiger partial charge is 0.320 e. The van der Waals surface area contributed by atoms with Crippen LogP contribution in [0.5, 0.6) is 5.75 Å². The van der Waals surface area contributed by atoms with Gasteiger partial charge in [-0.1, -0.05) is 37.0 Å². The summed E-state index contributed by atoms with van der Waals surface area (Å²) in [4.78, 5) is 13.7. The van der Waals surface area contributed by atoms with E-state index in [2.05, 4.69) is 5.32 Å². The van der Waals surface area contributed by atoms with Crippen LogP contribution in [0.1, 0.15) is 26.7 Å². The molecule has 0 fully saturated rings. The number of benzene rings is 1. The maximum absolute atomic E-state index is 11.9. The Morgan fingerprint density at radius 3 is 2.45 bits per heavy atom. The van der Waals surface area contributed by atoms with E-state index in [9.17, 15) is 4.79 Å². The lowest BCUT2D eigenvalue weighted by molar-refractivity contribution is 0.184. The van der Waals surface area contributed by atoms with Crippen LogP contribution in [0, 0.1) is 0 Å². The van der Waals surface area contributed by atoms with Crippen molar-refractivity contribution in [2.24, 2.45) is 0 Å². The molecule has 0 unspecified atom stereocenters. The molecule has 0 saturated heterocycles. The summed E-state index contributed by atoms with van der Waals surface area (Å²) in [7, 11) is 0. The average Bonchev–Trinajstić information content (AvgIpc) is 2.41.